The Morgan fingerprint density at radius 1 is 1.33 bits per heavy atom. The molecule has 0 amide bonds. The maximum absolute atomic E-state index is 4.56. The molecule has 1 rings (SSSR count). The van der Waals surface area contributed by atoms with Crippen LogP contribution in [0.2, 0.25) is 0 Å². The summed E-state index contributed by atoms with van der Waals surface area (Å²) in [5.41, 5.74) is 0. The van der Waals surface area contributed by atoms with Crippen LogP contribution in [0.3, 0.4) is 0 Å². The molecular formula is C4H5N3O2. The van der Waals surface area contributed by atoms with Gasteiger partial charge in [0.25, 0.3) is 0 Å². The third kappa shape index (κ3) is 1.63. The van der Waals surface area contributed by atoms with Gasteiger partial charge in [0.05, 0.1) is 0 Å². The van der Waals surface area contributed by atoms with Crippen LogP contribution in [0.25, 0.3) is 0 Å². The van der Waals surface area contributed by atoms with Crippen molar-refractivity contribution in [2.24, 2.45) is 5.90 Å². The molecule has 0 aliphatic rings. The van der Waals surface area contributed by atoms with Crippen molar-refractivity contribution in [3.8, 4) is 6.01 Å². The molecule has 0 bridgehead atoms. The van der Waals surface area contributed by atoms with E-state index in [4.69, 9.17) is 0 Å². The average Bonchev–Trinajstić information content (AvgIpc) is 1.91. The molecule has 0 aliphatic heterocycles. The van der Waals surface area contributed by atoms with Crippen molar-refractivity contribution in [3.05, 3.63) is 18.5 Å². The highest BCUT2D eigenvalue weighted by atomic mass is 17.3. The van der Waals surface area contributed by atoms with E-state index in [-0.39, 0.29) is 6.01 Å². The zero-order valence-corrected chi connectivity index (χ0v) is 4.52. The van der Waals surface area contributed by atoms with E-state index < -0.39 is 0 Å². The first-order valence-electron chi connectivity index (χ1n) is 2.24. The summed E-state index contributed by atoms with van der Waals surface area (Å²) in [6, 6.07) is 1.75. The van der Waals surface area contributed by atoms with E-state index in [1.165, 1.54) is 12.4 Å². The molecule has 48 valence electrons. The quantitative estimate of drug-likeness (QED) is 0.434. The van der Waals surface area contributed by atoms with Gasteiger partial charge in [-0.05, 0) is 6.07 Å². The molecule has 0 spiro atoms. The van der Waals surface area contributed by atoms with E-state index >= 15 is 0 Å². The molecule has 0 aromatic carbocycles. The minimum Gasteiger partial charge on any atom is -0.277 e. The second-order valence-corrected chi connectivity index (χ2v) is 1.21. The van der Waals surface area contributed by atoms with Crippen LogP contribution in [0.4, 0.5) is 0 Å². The van der Waals surface area contributed by atoms with Gasteiger partial charge in [0, 0.05) is 12.4 Å². The van der Waals surface area contributed by atoms with Crippen LogP contribution in [0, 0.1) is 0 Å². The Morgan fingerprint density at radius 3 is 2.56 bits per heavy atom. The molecule has 1 aromatic heterocycles. The summed E-state index contributed by atoms with van der Waals surface area (Å²) in [6.45, 7) is 0. The van der Waals surface area contributed by atoms with E-state index in [1.807, 2.05) is 0 Å². The van der Waals surface area contributed by atoms with Crippen molar-refractivity contribution < 1.29 is 9.88 Å². The predicted molar refractivity (Wildman–Crippen MR) is 27.9 cm³/mol. The molecule has 0 aliphatic carbocycles. The van der Waals surface area contributed by atoms with E-state index in [2.05, 4.69) is 25.7 Å². The Hall–Kier alpha value is -1.20. The van der Waals surface area contributed by atoms with Crippen LogP contribution in [-0.4, -0.2) is 9.97 Å². The maximum atomic E-state index is 4.56. The summed E-state index contributed by atoms with van der Waals surface area (Å²) in [5.74, 6) is 4.56. The minimum absolute atomic E-state index is 0.0972. The van der Waals surface area contributed by atoms with Gasteiger partial charge < -0.3 is 0 Å². The smallest absolute Gasteiger partial charge is 0.277 e. The van der Waals surface area contributed by atoms with Crippen LogP contribution >= 0.6 is 0 Å². The molecule has 0 radical (unpaired) electrons. The van der Waals surface area contributed by atoms with Crippen LogP contribution in [-0.2, 0) is 4.99 Å². The number of hydrogen-bond donors (Lipinski definition) is 1. The summed E-state index contributed by atoms with van der Waals surface area (Å²) in [5, 5.41) is 0. The molecule has 0 atom stereocenters. The molecule has 1 heterocycles. The first-order chi connectivity index (χ1) is 4.43. The fourth-order valence-corrected chi connectivity index (χ4v) is 0.371. The van der Waals surface area contributed by atoms with Gasteiger partial charge in [-0.15, -0.1) is 0 Å². The standard InChI is InChI=1S/C4H5N3O2/c5-9-8-4-6-2-1-3-7-4/h1-3H,5H2. The van der Waals surface area contributed by atoms with E-state index in [0.717, 1.165) is 0 Å². The molecule has 5 nitrogen and oxygen atoms in total. The van der Waals surface area contributed by atoms with Gasteiger partial charge in [-0.3, -0.25) is 4.89 Å². The highest BCUT2D eigenvalue weighted by molar-refractivity contribution is 4.91. The molecule has 5 heteroatoms. The lowest BCUT2D eigenvalue weighted by Gasteiger charge is -1.92. The second-order valence-electron chi connectivity index (χ2n) is 1.21. The molecule has 0 saturated heterocycles. The van der Waals surface area contributed by atoms with Gasteiger partial charge in [-0.2, -0.15) is 5.90 Å². The monoisotopic (exact) mass is 127 g/mol. The molecule has 9 heavy (non-hydrogen) atoms. The van der Waals surface area contributed by atoms with Gasteiger partial charge in [0.2, 0.25) is 0 Å². The van der Waals surface area contributed by atoms with Crippen LogP contribution in [0.1, 0.15) is 0 Å². The first kappa shape index (κ1) is 5.93. The van der Waals surface area contributed by atoms with Crippen LogP contribution < -0.4 is 10.8 Å². The molecule has 0 unspecified atom stereocenters. The zero-order chi connectivity index (χ0) is 6.53. The van der Waals surface area contributed by atoms with Gasteiger partial charge in [-0.1, -0.05) is 4.99 Å². The Balaban J connectivity index is 2.61. The predicted octanol–water partition coefficient (Wildman–Crippen LogP) is -0.339. The van der Waals surface area contributed by atoms with Crippen molar-refractivity contribution in [2.45, 2.75) is 0 Å². The third-order valence-electron chi connectivity index (χ3n) is 0.665. The number of aromatic nitrogens is 2. The fraction of sp³-hybridized carbons (Fsp3) is 0. The Kier molecular flexibility index (Phi) is 1.95. The van der Waals surface area contributed by atoms with Gasteiger partial charge >= 0.3 is 6.01 Å². The topological polar surface area (TPSA) is 70.3 Å². The zero-order valence-electron chi connectivity index (χ0n) is 4.52. The van der Waals surface area contributed by atoms with Gasteiger partial charge in [-0.25, -0.2) is 9.97 Å². The second kappa shape index (κ2) is 2.95. The van der Waals surface area contributed by atoms with Gasteiger partial charge in [0.1, 0.15) is 0 Å². The van der Waals surface area contributed by atoms with E-state index in [0.29, 0.717) is 0 Å². The highest BCUT2D eigenvalue weighted by Crippen LogP contribution is 1.94. The lowest BCUT2D eigenvalue weighted by molar-refractivity contribution is -0.217. The minimum atomic E-state index is 0.0972. The van der Waals surface area contributed by atoms with E-state index in [9.17, 15) is 0 Å². The Labute approximate surface area is 51.3 Å². The van der Waals surface area contributed by atoms with Crippen molar-refractivity contribution in [1.82, 2.24) is 9.97 Å². The number of nitrogens with two attached hydrogens (primary N) is 1. The lowest BCUT2D eigenvalue weighted by atomic mass is 10.7. The maximum Gasteiger partial charge on any atom is 0.355 e. The number of rotatable bonds is 2. The fourth-order valence-electron chi connectivity index (χ4n) is 0.371. The lowest BCUT2D eigenvalue weighted by Crippen LogP contribution is -2.05. The summed E-state index contributed by atoms with van der Waals surface area (Å²) in [4.78, 5) is 15.3. The highest BCUT2D eigenvalue weighted by Gasteiger charge is 1.90. The molecular weight excluding hydrogens is 122 g/mol. The van der Waals surface area contributed by atoms with Crippen molar-refractivity contribution in [3.63, 3.8) is 0 Å². The van der Waals surface area contributed by atoms with Gasteiger partial charge in [0.15, 0.2) is 0 Å². The van der Waals surface area contributed by atoms with Crippen molar-refractivity contribution in [2.75, 3.05) is 0 Å². The van der Waals surface area contributed by atoms with E-state index in [1.54, 1.807) is 6.07 Å². The number of hydrogen-bond acceptors (Lipinski definition) is 5. The summed E-state index contributed by atoms with van der Waals surface area (Å²) in [6.07, 6.45) is 3.03. The summed E-state index contributed by atoms with van der Waals surface area (Å²) < 4.78 is 0. The normalized spacial score (nSPS) is 9.00. The average molecular weight is 127 g/mol. The Morgan fingerprint density at radius 2 is 2.00 bits per heavy atom. The first-order valence-corrected chi connectivity index (χ1v) is 2.24. The van der Waals surface area contributed by atoms with Crippen LogP contribution in [0.15, 0.2) is 18.5 Å². The third-order valence-corrected chi connectivity index (χ3v) is 0.665. The molecule has 0 saturated carbocycles. The molecule has 2 N–H and O–H groups in total. The summed E-state index contributed by atoms with van der Waals surface area (Å²) >= 11 is 0. The largest absolute Gasteiger partial charge is 0.355 e. The molecule has 1 aromatic rings. The SMILES string of the molecule is NOOc1ncccn1. The number of nitrogens with zero attached hydrogens (tertiary/aromatic N) is 2. The Bertz CT molecular complexity index is 167. The molecule has 0 fully saturated rings. The van der Waals surface area contributed by atoms with Crippen LogP contribution in [0.5, 0.6) is 6.01 Å². The van der Waals surface area contributed by atoms with Crippen molar-refractivity contribution in [1.29, 1.82) is 0 Å². The van der Waals surface area contributed by atoms with Crippen molar-refractivity contribution >= 4 is 0 Å². The summed E-state index contributed by atoms with van der Waals surface area (Å²) in [7, 11) is 0.